The molecule has 1 atom stereocenters. The first kappa shape index (κ1) is 17.8. The summed E-state index contributed by atoms with van der Waals surface area (Å²) in [6, 6.07) is 3.57. The van der Waals surface area contributed by atoms with Crippen molar-refractivity contribution >= 4 is 17.7 Å². The summed E-state index contributed by atoms with van der Waals surface area (Å²) in [5, 5.41) is 23.7. The molecule has 2 aromatic rings. The number of amides is 1. The summed E-state index contributed by atoms with van der Waals surface area (Å²) in [5.74, 6) is 0.304. The number of thioether (sulfide) groups is 1. The molecule has 0 spiro atoms. The molecule has 0 radical (unpaired) electrons. The summed E-state index contributed by atoms with van der Waals surface area (Å²) in [6.07, 6.45) is 1.49. The van der Waals surface area contributed by atoms with Gasteiger partial charge in [-0.15, -0.1) is 0 Å². The van der Waals surface area contributed by atoms with E-state index in [0.29, 0.717) is 30.5 Å². The third kappa shape index (κ3) is 4.36. The van der Waals surface area contributed by atoms with Crippen LogP contribution in [0.2, 0.25) is 0 Å². The number of aryl methyl sites for hydroxylation is 2. The lowest BCUT2D eigenvalue weighted by molar-refractivity contribution is -0.128. The van der Waals surface area contributed by atoms with E-state index < -0.39 is 6.10 Å². The molecular formula is C16H21N5O3S. The van der Waals surface area contributed by atoms with Gasteiger partial charge in [0.2, 0.25) is 5.91 Å². The Morgan fingerprint density at radius 2 is 2.28 bits per heavy atom. The van der Waals surface area contributed by atoms with Gasteiger partial charge in [-0.05, 0) is 25.5 Å². The van der Waals surface area contributed by atoms with Crippen LogP contribution in [0.5, 0.6) is 0 Å². The first-order valence-electron chi connectivity index (χ1n) is 8.12. The predicted molar refractivity (Wildman–Crippen MR) is 91.8 cm³/mol. The molecule has 8 nitrogen and oxygen atoms in total. The Labute approximate surface area is 149 Å². The molecule has 0 aliphatic carbocycles. The minimum atomic E-state index is -0.988. The van der Waals surface area contributed by atoms with Crippen LogP contribution in [0.3, 0.4) is 0 Å². The van der Waals surface area contributed by atoms with E-state index >= 15 is 0 Å². The summed E-state index contributed by atoms with van der Waals surface area (Å²) in [5.41, 5.74) is 2.18. The molecule has 0 unspecified atom stereocenters. The largest absolute Gasteiger partial charge is 0.393 e. The molecule has 1 amide bonds. The Hall–Kier alpha value is -1.97. The molecule has 1 aliphatic rings. The fraction of sp³-hybridized carbons (Fsp3) is 0.500. The highest BCUT2D eigenvalue weighted by Gasteiger charge is 2.22. The molecular weight excluding hydrogens is 342 g/mol. The van der Waals surface area contributed by atoms with Gasteiger partial charge in [-0.1, -0.05) is 11.8 Å². The number of hydrogen-bond donors (Lipinski definition) is 2. The lowest BCUT2D eigenvalue weighted by Crippen LogP contribution is -2.32. The summed E-state index contributed by atoms with van der Waals surface area (Å²) in [7, 11) is 0. The number of nitrogens with zero attached hydrogens (tertiary/aromatic N) is 5. The van der Waals surface area contributed by atoms with Crippen LogP contribution in [0.15, 0.2) is 23.5 Å². The van der Waals surface area contributed by atoms with Gasteiger partial charge in [-0.2, -0.15) is 5.10 Å². The Morgan fingerprint density at radius 3 is 3.04 bits per heavy atom. The molecule has 0 bridgehead atoms. The number of aromatic nitrogens is 4. The predicted octanol–water partition coefficient (Wildman–Crippen LogP) is 0.532. The van der Waals surface area contributed by atoms with Crippen LogP contribution < -0.4 is 0 Å². The second kappa shape index (κ2) is 7.94. The van der Waals surface area contributed by atoms with Crippen LogP contribution in [-0.2, 0) is 17.9 Å². The lowest BCUT2D eigenvalue weighted by Gasteiger charge is -2.19. The van der Waals surface area contributed by atoms with E-state index in [9.17, 15) is 9.90 Å². The van der Waals surface area contributed by atoms with Crippen LogP contribution in [0.25, 0.3) is 0 Å². The number of rotatable bonds is 5. The fourth-order valence-electron chi connectivity index (χ4n) is 2.67. The first-order chi connectivity index (χ1) is 12.1. The molecule has 134 valence electrons. The maximum Gasteiger partial charge on any atom is 0.233 e. The minimum Gasteiger partial charge on any atom is -0.393 e. The zero-order chi connectivity index (χ0) is 17.8. The number of carbonyl (C=O) groups excluding carboxylic acids is 1. The van der Waals surface area contributed by atoms with E-state index in [-0.39, 0.29) is 18.3 Å². The highest BCUT2D eigenvalue weighted by Crippen LogP contribution is 2.20. The van der Waals surface area contributed by atoms with E-state index in [4.69, 9.17) is 5.11 Å². The maximum atomic E-state index is 12.5. The maximum absolute atomic E-state index is 12.5. The van der Waals surface area contributed by atoms with E-state index in [1.165, 1.54) is 11.8 Å². The molecule has 25 heavy (non-hydrogen) atoms. The molecule has 0 fully saturated rings. The topological polar surface area (TPSA) is 104 Å². The van der Waals surface area contributed by atoms with Gasteiger partial charge in [0.15, 0.2) is 5.16 Å². The van der Waals surface area contributed by atoms with Gasteiger partial charge in [0.1, 0.15) is 6.10 Å². The second-order valence-corrected chi connectivity index (χ2v) is 6.86. The zero-order valence-electron chi connectivity index (χ0n) is 14.0. The van der Waals surface area contributed by atoms with E-state index in [2.05, 4.69) is 15.1 Å². The van der Waals surface area contributed by atoms with Crippen LogP contribution in [0, 0.1) is 6.92 Å². The van der Waals surface area contributed by atoms with E-state index in [1.807, 2.05) is 13.0 Å². The van der Waals surface area contributed by atoms with Crippen molar-refractivity contribution in [2.45, 2.75) is 37.7 Å². The average Bonchev–Trinajstić information content (AvgIpc) is 2.90. The quantitative estimate of drug-likeness (QED) is 0.590. The Balaban J connectivity index is 1.64. The smallest absolute Gasteiger partial charge is 0.233 e. The van der Waals surface area contributed by atoms with Gasteiger partial charge < -0.3 is 15.1 Å². The van der Waals surface area contributed by atoms with Crippen LogP contribution in [0.4, 0.5) is 0 Å². The van der Waals surface area contributed by atoms with Crippen molar-refractivity contribution in [3.63, 3.8) is 0 Å². The molecule has 0 saturated carbocycles. The highest BCUT2D eigenvalue weighted by atomic mass is 32.2. The van der Waals surface area contributed by atoms with Crippen molar-refractivity contribution in [1.29, 1.82) is 0 Å². The normalized spacial score (nSPS) is 15.6. The first-order valence-corrected chi connectivity index (χ1v) is 9.11. The standard InChI is InChI=1S/C16H21N5O3S/c1-11-3-4-17-16(18-11)25-10-15(24)20-5-2-6-21-12(8-20)7-13(19-21)14(23)9-22/h3-4,7,14,22-23H,2,5-6,8-10H2,1H3/t14-/m1/s1. The Bertz CT molecular complexity index is 751. The van der Waals surface area contributed by atoms with Crippen molar-refractivity contribution in [1.82, 2.24) is 24.6 Å². The molecule has 2 N–H and O–H groups in total. The minimum absolute atomic E-state index is 0.0222. The molecule has 9 heteroatoms. The highest BCUT2D eigenvalue weighted by molar-refractivity contribution is 7.99. The van der Waals surface area contributed by atoms with Gasteiger partial charge in [-0.25, -0.2) is 9.97 Å². The van der Waals surface area contributed by atoms with Gasteiger partial charge >= 0.3 is 0 Å². The molecule has 3 heterocycles. The van der Waals surface area contributed by atoms with Crippen molar-refractivity contribution in [3.05, 3.63) is 35.4 Å². The van der Waals surface area contributed by atoms with Crippen LogP contribution >= 0.6 is 11.8 Å². The number of carbonyl (C=O) groups is 1. The number of fused-ring (bicyclic) bond motifs is 1. The van der Waals surface area contributed by atoms with Crippen molar-refractivity contribution in [2.75, 3.05) is 18.9 Å². The van der Waals surface area contributed by atoms with Crippen molar-refractivity contribution < 1.29 is 15.0 Å². The van der Waals surface area contributed by atoms with Gasteiger partial charge in [-0.3, -0.25) is 9.48 Å². The zero-order valence-corrected chi connectivity index (χ0v) is 14.8. The van der Waals surface area contributed by atoms with Crippen molar-refractivity contribution in [2.24, 2.45) is 0 Å². The number of hydrogen-bond acceptors (Lipinski definition) is 7. The van der Waals surface area contributed by atoms with Gasteiger partial charge in [0.05, 0.1) is 30.3 Å². The van der Waals surface area contributed by atoms with Crippen molar-refractivity contribution in [3.8, 4) is 0 Å². The monoisotopic (exact) mass is 363 g/mol. The average molecular weight is 363 g/mol. The SMILES string of the molecule is Cc1ccnc(SCC(=O)N2CCCn3nc([C@H](O)CO)cc3C2)n1. The molecule has 2 aromatic heterocycles. The van der Waals surface area contributed by atoms with Crippen LogP contribution in [-0.4, -0.2) is 59.7 Å². The molecule has 0 saturated heterocycles. The van der Waals surface area contributed by atoms with Gasteiger partial charge in [0.25, 0.3) is 0 Å². The fourth-order valence-corrected chi connectivity index (χ4v) is 3.45. The number of aliphatic hydroxyl groups is 2. The van der Waals surface area contributed by atoms with Gasteiger partial charge in [0, 0.05) is 25.0 Å². The van der Waals surface area contributed by atoms with E-state index in [1.54, 1.807) is 21.8 Å². The summed E-state index contributed by atoms with van der Waals surface area (Å²) < 4.78 is 1.80. The molecule has 1 aliphatic heterocycles. The third-order valence-corrected chi connectivity index (χ3v) is 4.84. The Morgan fingerprint density at radius 1 is 1.44 bits per heavy atom. The molecule has 3 rings (SSSR count). The lowest BCUT2D eigenvalue weighted by atomic mass is 10.2. The van der Waals surface area contributed by atoms with E-state index in [0.717, 1.165) is 17.8 Å². The molecule has 0 aromatic carbocycles. The summed E-state index contributed by atoms with van der Waals surface area (Å²) in [6.45, 7) is 3.31. The summed E-state index contributed by atoms with van der Waals surface area (Å²) >= 11 is 1.33. The third-order valence-electron chi connectivity index (χ3n) is 4.00. The number of aliphatic hydroxyl groups excluding tert-OH is 2. The van der Waals surface area contributed by atoms with Crippen LogP contribution in [0.1, 0.15) is 29.6 Å². The second-order valence-electron chi connectivity index (χ2n) is 5.92. The summed E-state index contributed by atoms with van der Waals surface area (Å²) in [4.78, 5) is 22.8. The Kier molecular flexibility index (Phi) is 5.67.